The lowest BCUT2D eigenvalue weighted by Gasteiger charge is -2.61. The highest BCUT2D eigenvalue weighted by atomic mass is 17.3. The van der Waals surface area contributed by atoms with Gasteiger partial charge in [0.25, 0.3) is 5.79 Å². The van der Waals surface area contributed by atoms with E-state index in [4.69, 9.17) is 14.5 Å². The number of aromatic hydroxyl groups is 1. The zero-order chi connectivity index (χ0) is 15.8. The van der Waals surface area contributed by atoms with Crippen molar-refractivity contribution < 1.29 is 19.6 Å². The molecule has 0 amide bonds. The minimum Gasteiger partial charge on any atom is -0.508 e. The van der Waals surface area contributed by atoms with Gasteiger partial charge in [-0.3, -0.25) is 0 Å². The van der Waals surface area contributed by atoms with Crippen LogP contribution in [0.5, 0.6) is 5.75 Å². The van der Waals surface area contributed by atoms with E-state index >= 15 is 0 Å². The smallest absolute Gasteiger partial charge is 0.261 e. The van der Waals surface area contributed by atoms with Gasteiger partial charge in [0.1, 0.15) is 5.75 Å². The summed E-state index contributed by atoms with van der Waals surface area (Å²) < 4.78 is 6.49. The van der Waals surface area contributed by atoms with Gasteiger partial charge in [-0.25, -0.2) is 4.89 Å². The summed E-state index contributed by atoms with van der Waals surface area (Å²) >= 11 is 0. The molecule has 4 atom stereocenters. The number of hydrogen-bond acceptors (Lipinski definition) is 4. The monoisotopic (exact) mass is 304 g/mol. The summed E-state index contributed by atoms with van der Waals surface area (Å²) in [6, 6.07) is 7.17. The van der Waals surface area contributed by atoms with Crippen molar-refractivity contribution in [2.45, 2.75) is 64.4 Å². The molecule has 2 heterocycles. The Labute approximate surface area is 131 Å². The lowest BCUT2D eigenvalue weighted by atomic mass is 9.55. The summed E-state index contributed by atoms with van der Waals surface area (Å²) in [6.45, 7) is 8.82. The molecule has 22 heavy (non-hydrogen) atoms. The van der Waals surface area contributed by atoms with Gasteiger partial charge in [0, 0.05) is 16.4 Å². The highest BCUT2D eigenvalue weighted by Gasteiger charge is 2.85. The van der Waals surface area contributed by atoms with Crippen molar-refractivity contribution >= 4 is 0 Å². The van der Waals surface area contributed by atoms with Crippen LogP contribution in [-0.2, 0) is 20.3 Å². The lowest BCUT2D eigenvalue weighted by Crippen LogP contribution is -2.73. The molecule has 1 aromatic rings. The maximum absolute atomic E-state index is 9.90. The number of rotatable bonds is 1. The van der Waals surface area contributed by atoms with Crippen LogP contribution >= 0.6 is 0 Å². The number of hydrogen-bond donors (Lipinski definition) is 1. The molecule has 0 unspecified atom stereocenters. The third-order valence-corrected chi connectivity index (χ3v) is 6.02. The van der Waals surface area contributed by atoms with E-state index in [0.29, 0.717) is 0 Å². The highest BCUT2D eigenvalue weighted by molar-refractivity contribution is 5.38. The molecule has 0 bridgehead atoms. The second-order valence-electron chi connectivity index (χ2n) is 8.18. The third kappa shape index (κ3) is 1.35. The van der Waals surface area contributed by atoms with Crippen LogP contribution in [0, 0.1) is 10.8 Å². The van der Waals surface area contributed by atoms with Gasteiger partial charge in [0.2, 0.25) is 0 Å². The van der Waals surface area contributed by atoms with Gasteiger partial charge in [-0.1, -0.05) is 46.2 Å². The summed E-state index contributed by atoms with van der Waals surface area (Å²) in [7, 11) is 0. The van der Waals surface area contributed by atoms with Gasteiger partial charge in [-0.2, -0.15) is 4.89 Å². The highest BCUT2D eigenvalue weighted by Crippen LogP contribution is 2.74. The van der Waals surface area contributed by atoms with E-state index in [0.717, 1.165) is 24.8 Å². The standard InChI is InChI=1S/C18H24O4/c1-15(2,3)18-16(4)10-6-9-14(16)20-17(18,21-22-18)12-7-5-8-13(19)11-12/h5,7-8,11,14,19H,6,9-10H2,1-4H3/t14-,16-,17-,18-/m0/s1. The molecule has 2 saturated heterocycles. The molecule has 4 rings (SSSR count). The van der Waals surface area contributed by atoms with Crippen LogP contribution in [0.1, 0.15) is 52.5 Å². The molecule has 0 spiro atoms. The molecule has 4 heteroatoms. The van der Waals surface area contributed by atoms with E-state index in [-0.39, 0.29) is 22.7 Å². The summed E-state index contributed by atoms with van der Waals surface area (Å²) in [5.41, 5.74) is 0.0332. The van der Waals surface area contributed by atoms with Crippen LogP contribution in [0.2, 0.25) is 0 Å². The van der Waals surface area contributed by atoms with Crippen molar-refractivity contribution in [3.05, 3.63) is 29.8 Å². The largest absolute Gasteiger partial charge is 0.508 e. The Balaban J connectivity index is 1.93. The fourth-order valence-electron chi connectivity index (χ4n) is 5.21. The van der Waals surface area contributed by atoms with Crippen LogP contribution in [0.25, 0.3) is 0 Å². The quantitative estimate of drug-likeness (QED) is 0.800. The number of benzene rings is 1. The maximum atomic E-state index is 9.90. The van der Waals surface area contributed by atoms with Gasteiger partial charge in [0.05, 0.1) is 6.10 Å². The fraction of sp³-hybridized carbons (Fsp3) is 0.667. The number of phenolic OH excluding ortho intramolecular Hbond substituents is 1. The van der Waals surface area contributed by atoms with Crippen LogP contribution in [0.3, 0.4) is 0 Å². The molecular weight excluding hydrogens is 280 g/mol. The van der Waals surface area contributed by atoms with Crippen molar-refractivity contribution in [3.8, 4) is 5.75 Å². The first-order valence-electron chi connectivity index (χ1n) is 8.11. The van der Waals surface area contributed by atoms with Crippen LogP contribution in [0.15, 0.2) is 24.3 Å². The molecule has 3 fully saturated rings. The molecule has 0 radical (unpaired) electrons. The van der Waals surface area contributed by atoms with Crippen molar-refractivity contribution in [1.82, 2.24) is 0 Å². The first-order chi connectivity index (χ1) is 10.3. The zero-order valence-electron chi connectivity index (χ0n) is 13.7. The van der Waals surface area contributed by atoms with Crippen molar-refractivity contribution in [2.75, 3.05) is 0 Å². The maximum Gasteiger partial charge on any atom is 0.261 e. The molecule has 1 saturated carbocycles. The first-order valence-corrected chi connectivity index (χ1v) is 8.11. The van der Waals surface area contributed by atoms with Gasteiger partial charge >= 0.3 is 0 Å². The second-order valence-corrected chi connectivity index (χ2v) is 8.18. The van der Waals surface area contributed by atoms with E-state index in [1.165, 1.54) is 0 Å². The molecular formula is C18H24O4. The molecule has 1 aliphatic carbocycles. The van der Waals surface area contributed by atoms with E-state index in [1.807, 2.05) is 12.1 Å². The Kier molecular flexibility index (Phi) is 2.67. The fourth-order valence-corrected chi connectivity index (χ4v) is 5.21. The summed E-state index contributed by atoms with van der Waals surface area (Å²) in [6.07, 6.45) is 3.37. The first kappa shape index (κ1) is 14.5. The molecule has 1 aromatic carbocycles. The number of ether oxygens (including phenoxy) is 1. The van der Waals surface area contributed by atoms with Crippen LogP contribution in [-0.4, -0.2) is 16.8 Å². The predicted molar refractivity (Wildman–Crippen MR) is 81.0 cm³/mol. The topological polar surface area (TPSA) is 47.9 Å². The minimum absolute atomic E-state index is 0.0883. The number of phenols is 1. The van der Waals surface area contributed by atoms with Crippen molar-refractivity contribution in [2.24, 2.45) is 10.8 Å². The van der Waals surface area contributed by atoms with Crippen molar-refractivity contribution in [3.63, 3.8) is 0 Å². The lowest BCUT2D eigenvalue weighted by molar-refractivity contribution is -0.628. The average molecular weight is 304 g/mol. The molecule has 2 aliphatic heterocycles. The van der Waals surface area contributed by atoms with Gasteiger partial charge in [0.15, 0.2) is 5.60 Å². The summed E-state index contributed by atoms with van der Waals surface area (Å²) in [5.74, 6) is -0.708. The van der Waals surface area contributed by atoms with Crippen molar-refractivity contribution in [1.29, 1.82) is 0 Å². The Morgan fingerprint density at radius 3 is 2.59 bits per heavy atom. The third-order valence-electron chi connectivity index (χ3n) is 6.02. The van der Waals surface area contributed by atoms with E-state index in [1.54, 1.807) is 12.1 Å². The summed E-state index contributed by atoms with van der Waals surface area (Å²) in [5, 5.41) is 9.90. The Morgan fingerprint density at radius 1 is 1.23 bits per heavy atom. The minimum atomic E-state index is -0.927. The van der Waals surface area contributed by atoms with E-state index in [9.17, 15) is 5.11 Å². The summed E-state index contributed by atoms with van der Waals surface area (Å²) in [4.78, 5) is 11.6. The zero-order valence-corrected chi connectivity index (χ0v) is 13.7. The Bertz CT molecular complexity index is 622. The SMILES string of the molecule is CC(C)(C)[C@@]12OO[C@]1(c1cccc(O)c1)O[C@H]1CCC[C@@]12C. The molecule has 3 aliphatic rings. The normalized spacial score (nSPS) is 43.5. The van der Waals surface area contributed by atoms with Gasteiger partial charge in [-0.05, 0) is 25.0 Å². The van der Waals surface area contributed by atoms with Crippen LogP contribution < -0.4 is 0 Å². The van der Waals surface area contributed by atoms with E-state index in [2.05, 4.69) is 27.7 Å². The molecule has 4 nitrogen and oxygen atoms in total. The second kappa shape index (κ2) is 4.05. The van der Waals surface area contributed by atoms with Crippen LogP contribution in [0.4, 0.5) is 0 Å². The molecule has 120 valence electrons. The average Bonchev–Trinajstić information content (AvgIpc) is 2.80. The molecule has 1 N–H and O–H groups in total. The number of fused-ring (bicyclic) bond motifs is 3. The van der Waals surface area contributed by atoms with E-state index < -0.39 is 11.4 Å². The van der Waals surface area contributed by atoms with Gasteiger partial charge < -0.3 is 9.84 Å². The van der Waals surface area contributed by atoms with Gasteiger partial charge in [-0.15, -0.1) is 0 Å². The predicted octanol–water partition coefficient (Wildman–Crippen LogP) is 3.88. The Hall–Kier alpha value is -1.10. The molecule has 0 aromatic heterocycles. The Morgan fingerprint density at radius 2 is 2.00 bits per heavy atom.